The minimum atomic E-state index is -1.46. The summed E-state index contributed by atoms with van der Waals surface area (Å²) in [5.41, 5.74) is 10.9. The number of nitriles is 1. The molecule has 57 heavy (non-hydrogen) atoms. The fraction of sp³-hybridized carbons (Fsp3) is 0.452. The first-order valence-corrected chi connectivity index (χ1v) is 20.3. The van der Waals surface area contributed by atoms with Gasteiger partial charge in [-0.1, -0.05) is 24.3 Å². The third kappa shape index (κ3) is 4.91. The number of ether oxygens (including phenoxy) is 5. The smallest absolute Gasteiger partial charge is 0.335 e. The van der Waals surface area contributed by atoms with E-state index in [0.717, 1.165) is 22.1 Å². The summed E-state index contributed by atoms with van der Waals surface area (Å²) in [7, 11) is 3.54. The Bertz CT molecular complexity index is 2450. The van der Waals surface area contributed by atoms with Crippen LogP contribution in [0.5, 0.6) is 28.7 Å². The number of esters is 2. The van der Waals surface area contributed by atoms with Crippen molar-refractivity contribution in [2.75, 3.05) is 39.9 Å². The van der Waals surface area contributed by atoms with E-state index in [0.29, 0.717) is 69.4 Å². The van der Waals surface area contributed by atoms with Gasteiger partial charge in [0.1, 0.15) is 29.7 Å². The van der Waals surface area contributed by atoms with E-state index in [4.69, 9.17) is 33.8 Å². The molecule has 0 saturated carbocycles. The monoisotopic (exact) mass is 793 g/mol. The standard InChI is InChI=1S/C42H43N5O9S/c1-18-10-21-11-25-26(14-44)47-27-15-52-41(50)42(40-24(12-22(13-43)45-42)23-8-6-7-9-28(23)56-40)16-57-39(33(47)32(46(25)4)29(21)34(49)35(18)51-5)31-30(27)38-37(53-17-54-38)19(2)36(31)55-20(3)48/h6-10,22,25-27,32-33,39,45,49H,11-13,15-17,43H2,1-5H3/t22-,25+,26+,27+,32-,33-,39-,42-/m1/s1. The van der Waals surface area contributed by atoms with E-state index in [-0.39, 0.29) is 43.5 Å². The van der Waals surface area contributed by atoms with Crippen LogP contribution in [0, 0.1) is 25.2 Å². The van der Waals surface area contributed by atoms with Crippen molar-refractivity contribution < 1.29 is 42.8 Å². The summed E-state index contributed by atoms with van der Waals surface area (Å²) in [5.74, 6) is 1.25. The number of nitrogens with two attached hydrogens (primary N) is 1. The van der Waals surface area contributed by atoms with Crippen LogP contribution in [0.3, 0.4) is 0 Å². The number of phenolic OH excluding ortho intramolecular Hbond substituents is 1. The van der Waals surface area contributed by atoms with Gasteiger partial charge in [0.25, 0.3) is 0 Å². The SMILES string of the molecule is COc1c(C)cc2c(c1O)[C@@H]1[C@@H]3[C@@H]4SC[C@]5(N[C@@H](CN)Cc6c5oc5ccccc65)C(=O)OC[C@@H](c5c6c(c(C)c(OC(C)=O)c54)OCO6)N3[C@@H](C#N)[C@H](C2)N1C. The number of aryl methyl sites for hydroxylation is 1. The van der Waals surface area contributed by atoms with Crippen LogP contribution in [0.25, 0.3) is 11.0 Å². The molecular weight excluding hydrogens is 751 g/mol. The highest BCUT2D eigenvalue weighted by Crippen LogP contribution is 2.64. The van der Waals surface area contributed by atoms with Crippen LogP contribution < -0.4 is 30.0 Å². The number of fused-ring (bicyclic) bond motifs is 11. The largest absolute Gasteiger partial charge is 0.504 e. The lowest BCUT2D eigenvalue weighted by Gasteiger charge is -2.62. The van der Waals surface area contributed by atoms with Gasteiger partial charge < -0.3 is 38.9 Å². The van der Waals surface area contributed by atoms with Crippen LogP contribution in [0.4, 0.5) is 0 Å². The molecule has 296 valence electrons. The lowest BCUT2D eigenvalue weighted by atomic mass is 9.71. The Hall–Kier alpha value is -4.98. The number of rotatable bonds is 3. The highest BCUT2D eigenvalue weighted by atomic mass is 32.2. The molecule has 7 aliphatic heterocycles. The Morgan fingerprint density at radius 2 is 1.93 bits per heavy atom. The molecule has 0 amide bonds. The minimum Gasteiger partial charge on any atom is -0.504 e. The molecule has 8 atom stereocenters. The first-order valence-electron chi connectivity index (χ1n) is 19.2. The van der Waals surface area contributed by atoms with Crippen LogP contribution in [0.15, 0.2) is 34.7 Å². The number of likely N-dealkylation sites (N-methyl/N-ethyl adjacent to an activating group) is 1. The van der Waals surface area contributed by atoms with Gasteiger partial charge in [0.15, 0.2) is 28.5 Å². The van der Waals surface area contributed by atoms with E-state index in [2.05, 4.69) is 27.3 Å². The number of furan rings is 1. The summed E-state index contributed by atoms with van der Waals surface area (Å²) in [6.07, 6.45) is 1.05. The van der Waals surface area contributed by atoms with E-state index >= 15 is 4.79 Å². The Morgan fingerprint density at radius 1 is 1.14 bits per heavy atom. The number of carbonyl (C=O) groups is 2. The summed E-state index contributed by atoms with van der Waals surface area (Å²) >= 11 is 1.49. The highest BCUT2D eigenvalue weighted by molar-refractivity contribution is 7.99. The molecule has 4 aromatic rings. The second kappa shape index (κ2) is 13.0. The van der Waals surface area contributed by atoms with Crippen molar-refractivity contribution in [1.29, 1.82) is 5.26 Å². The molecule has 8 heterocycles. The van der Waals surface area contributed by atoms with Crippen molar-refractivity contribution in [1.82, 2.24) is 15.1 Å². The molecule has 0 aliphatic carbocycles. The maximum Gasteiger partial charge on any atom is 0.335 e. The second-order valence-corrected chi connectivity index (χ2v) is 17.0. The van der Waals surface area contributed by atoms with Crippen molar-refractivity contribution in [2.24, 2.45) is 5.73 Å². The fourth-order valence-corrected chi connectivity index (χ4v) is 12.4. The Morgan fingerprint density at radius 3 is 2.68 bits per heavy atom. The van der Waals surface area contributed by atoms with Gasteiger partial charge in [-0.25, -0.2) is 4.79 Å². The number of piperazine rings is 1. The first kappa shape index (κ1) is 36.4. The van der Waals surface area contributed by atoms with Gasteiger partial charge in [0.2, 0.25) is 6.79 Å². The van der Waals surface area contributed by atoms with Gasteiger partial charge in [0.05, 0.1) is 30.5 Å². The summed E-state index contributed by atoms with van der Waals surface area (Å²) < 4.78 is 37.4. The van der Waals surface area contributed by atoms with E-state index < -0.39 is 46.9 Å². The molecule has 11 rings (SSSR count). The molecule has 1 aromatic heterocycles. The topological polar surface area (TPSA) is 182 Å². The predicted octanol–water partition coefficient (Wildman–Crippen LogP) is 4.35. The van der Waals surface area contributed by atoms with E-state index in [9.17, 15) is 15.2 Å². The number of phenols is 1. The molecule has 2 saturated heterocycles. The summed E-state index contributed by atoms with van der Waals surface area (Å²) in [6.45, 7) is 5.13. The minimum absolute atomic E-state index is 0.0491. The Labute approximate surface area is 333 Å². The van der Waals surface area contributed by atoms with Crippen LogP contribution >= 0.6 is 11.8 Å². The fourth-order valence-electron chi connectivity index (χ4n) is 10.7. The molecule has 14 nitrogen and oxygen atoms in total. The lowest BCUT2D eigenvalue weighted by molar-refractivity contribution is -0.158. The Balaban J connectivity index is 1.26. The van der Waals surface area contributed by atoms with Gasteiger partial charge >= 0.3 is 11.9 Å². The average molecular weight is 794 g/mol. The molecule has 7 aliphatic rings. The number of thioether (sulfide) groups is 1. The maximum atomic E-state index is 15.0. The number of methoxy groups -OCH3 is 1. The van der Waals surface area contributed by atoms with Gasteiger partial charge in [-0.2, -0.15) is 5.26 Å². The van der Waals surface area contributed by atoms with Crippen molar-refractivity contribution in [3.63, 3.8) is 0 Å². The van der Waals surface area contributed by atoms with Gasteiger partial charge in [-0.15, -0.1) is 11.8 Å². The Kier molecular flexibility index (Phi) is 8.31. The van der Waals surface area contributed by atoms with Crippen molar-refractivity contribution >= 4 is 34.7 Å². The normalized spacial score (nSPS) is 29.8. The third-order valence-corrected chi connectivity index (χ3v) is 14.5. The van der Waals surface area contributed by atoms with Crippen molar-refractivity contribution in [2.45, 2.75) is 80.7 Å². The number of para-hydroxylation sites is 1. The van der Waals surface area contributed by atoms with Crippen LogP contribution in [-0.2, 0) is 32.7 Å². The van der Waals surface area contributed by atoms with E-state index in [1.165, 1.54) is 18.7 Å². The molecule has 4 N–H and O–H groups in total. The first-order chi connectivity index (χ1) is 27.5. The predicted molar refractivity (Wildman–Crippen MR) is 208 cm³/mol. The number of hydrogen-bond acceptors (Lipinski definition) is 15. The maximum absolute atomic E-state index is 15.0. The molecule has 1 spiro atoms. The molecule has 2 fully saturated rings. The van der Waals surface area contributed by atoms with E-state index in [1.54, 1.807) is 7.11 Å². The van der Waals surface area contributed by atoms with Gasteiger partial charge in [0, 0.05) is 70.6 Å². The number of carbonyl (C=O) groups excluding carboxylic acids is 2. The van der Waals surface area contributed by atoms with Gasteiger partial charge in [-0.05, 0) is 50.9 Å². The van der Waals surface area contributed by atoms with Crippen LogP contribution in [-0.4, -0.2) is 90.9 Å². The number of aromatic hydroxyl groups is 1. The average Bonchev–Trinajstić information content (AvgIpc) is 3.84. The molecule has 0 radical (unpaired) electrons. The number of benzene rings is 3. The number of nitrogens with one attached hydrogen (secondary N) is 1. The van der Waals surface area contributed by atoms with Crippen molar-refractivity contribution in [3.8, 4) is 34.8 Å². The molecule has 15 heteroatoms. The van der Waals surface area contributed by atoms with Crippen LogP contribution in [0.1, 0.15) is 69.0 Å². The van der Waals surface area contributed by atoms with Crippen molar-refractivity contribution in [3.05, 3.63) is 75.0 Å². The van der Waals surface area contributed by atoms with Crippen LogP contribution in [0.2, 0.25) is 0 Å². The molecular formula is C42H43N5O9S. The summed E-state index contributed by atoms with van der Waals surface area (Å²) in [6, 6.07) is 9.42. The molecule has 4 bridgehead atoms. The third-order valence-electron chi connectivity index (χ3n) is 13.0. The zero-order valence-corrected chi connectivity index (χ0v) is 33.0. The highest BCUT2D eigenvalue weighted by Gasteiger charge is 2.62. The summed E-state index contributed by atoms with van der Waals surface area (Å²) in [5, 5.41) is 27.2. The van der Waals surface area contributed by atoms with E-state index in [1.807, 2.05) is 45.2 Å². The van der Waals surface area contributed by atoms with Gasteiger partial charge in [-0.3, -0.25) is 19.9 Å². The number of hydrogen-bond donors (Lipinski definition) is 3. The zero-order chi connectivity index (χ0) is 39.7. The quantitative estimate of drug-likeness (QED) is 0.197. The molecule has 0 unspecified atom stereocenters. The molecule has 3 aromatic carbocycles. The summed E-state index contributed by atoms with van der Waals surface area (Å²) in [4.78, 5) is 32.4. The number of nitrogens with zero attached hydrogens (tertiary/aromatic N) is 3. The lowest BCUT2D eigenvalue weighted by Crippen LogP contribution is -2.69. The second-order valence-electron chi connectivity index (χ2n) is 15.9. The zero-order valence-electron chi connectivity index (χ0n) is 32.2.